The SMILES string of the molecule is CCCCCCCC(C)(C)C(=O)N(CC)CC. The van der Waals surface area contributed by atoms with Crippen molar-refractivity contribution in [2.75, 3.05) is 13.1 Å². The van der Waals surface area contributed by atoms with Crippen molar-refractivity contribution >= 4 is 5.91 Å². The van der Waals surface area contributed by atoms with Crippen LogP contribution in [0.4, 0.5) is 0 Å². The van der Waals surface area contributed by atoms with Crippen LogP contribution < -0.4 is 0 Å². The molecule has 0 aliphatic heterocycles. The first-order valence-electron chi connectivity index (χ1n) is 7.29. The van der Waals surface area contributed by atoms with Gasteiger partial charge >= 0.3 is 0 Å². The predicted molar refractivity (Wildman–Crippen MR) is 75.1 cm³/mol. The van der Waals surface area contributed by atoms with Crippen molar-refractivity contribution in [3.63, 3.8) is 0 Å². The zero-order chi connectivity index (χ0) is 13.3. The van der Waals surface area contributed by atoms with Gasteiger partial charge in [-0.2, -0.15) is 0 Å². The molecule has 0 atom stereocenters. The molecule has 0 aliphatic carbocycles. The number of hydrogen-bond acceptors (Lipinski definition) is 1. The lowest BCUT2D eigenvalue weighted by Crippen LogP contribution is -2.40. The number of nitrogens with zero attached hydrogens (tertiary/aromatic N) is 1. The van der Waals surface area contributed by atoms with E-state index in [0.29, 0.717) is 5.91 Å². The van der Waals surface area contributed by atoms with Crippen LogP contribution in [0.5, 0.6) is 0 Å². The highest BCUT2D eigenvalue weighted by atomic mass is 16.2. The normalized spacial score (nSPS) is 11.6. The van der Waals surface area contributed by atoms with E-state index in [1.165, 1.54) is 32.1 Å². The van der Waals surface area contributed by atoms with Crippen LogP contribution in [0, 0.1) is 5.41 Å². The summed E-state index contributed by atoms with van der Waals surface area (Å²) >= 11 is 0. The molecule has 0 aromatic rings. The fraction of sp³-hybridized carbons (Fsp3) is 0.933. The number of amides is 1. The first-order valence-corrected chi connectivity index (χ1v) is 7.29. The average molecular weight is 241 g/mol. The smallest absolute Gasteiger partial charge is 0.228 e. The Kier molecular flexibility index (Phi) is 8.28. The second-order valence-electron chi connectivity index (χ2n) is 5.53. The van der Waals surface area contributed by atoms with Crippen LogP contribution in [0.15, 0.2) is 0 Å². The molecule has 0 rings (SSSR count). The topological polar surface area (TPSA) is 20.3 Å². The molecule has 0 unspecified atom stereocenters. The molecule has 0 fully saturated rings. The molecule has 17 heavy (non-hydrogen) atoms. The Morgan fingerprint density at radius 1 is 0.941 bits per heavy atom. The third-order valence-electron chi connectivity index (χ3n) is 3.53. The molecule has 2 heteroatoms. The van der Waals surface area contributed by atoms with Crippen LogP contribution in [-0.4, -0.2) is 23.9 Å². The number of hydrogen-bond donors (Lipinski definition) is 0. The van der Waals surface area contributed by atoms with Crippen LogP contribution in [0.3, 0.4) is 0 Å². The van der Waals surface area contributed by atoms with Crippen LogP contribution in [0.2, 0.25) is 0 Å². The maximum atomic E-state index is 12.3. The Bertz CT molecular complexity index is 207. The maximum absolute atomic E-state index is 12.3. The van der Waals surface area contributed by atoms with E-state index in [4.69, 9.17) is 0 Å². The Balaban J connectivity index is 4.04. The van der Waals surface area contributed by atoms with Gasteiger partial charge in [0, 0.05) is 18.5 Å². The lowest BCUT2D eigenvalue weighted by molar-refractivity contribution is -0.140. The molecule has 2 nitrogen and oxygen atoms in total. The van der Waals surface area contributed by atoms with Gasteiger partial charge in [0.2, 0.25) is 5.91 Å². The third-order valence-corrected chi connectivity index (χ3v) is 3.53. The maximum Gasteiger partial charge on any atom is 0.228 e. The van der Waals surface area contributed by atoms with Gasteiger partial charge in [-0.25, -0.2) is 0 Å². The molecule has 0 aromatic carbocycles. The number of unbranched alkanes of at least 4 members (excludes halogenated alkanes) is 4. The molecule has 0 aromatic heterocycles. The van der Waals surface area contributed by atoms with Gasteiger partial charge in [0.05, 0.1) is 0 Å². The van der Waals surface area contributed by atoms with Crippen LogP contribution in [0.25, 0.3) is 0 Å². The lowest BCUT2D eigenvalue weighted by atomic mass is 9.85. The summed E-state index contributed by atoms with van der Waals surface area (Å²) in [5.41, 5.74) is -0.182. The quantitative estimate of drug-likeness (QED) is 0.553. The van der Waals surface area contributed by atoms with Crippen molar-refractivity contribution in [3.05, 3.63) is 0 Å². The minimum atomic E-state index is -0.182. The van der Waals surface area contributed by atoms with E-state index >= 15 is 0 Å². The highest BCUT2D eigenvalue weighted by molar-refractivity contribution is 5.81. The lowest BCUT2D eigenvalue weighted by Gasteiger charge is -2.30. The van der Waals surface area contributed by atoms with E-state index in [0.717, 1.165) is 19.5 Å². The molecule has 0 aliphatic rings. The van der Waals surface area contributed by atoms with Crippen molar-refractivity contribution in [2.24, 2.45) is 5.41 Å². The summed E-state index contributed by atoms with van der Waals surface area (Å²) in [7, 11) is 0. The largest absolute Gasteiger partial charge is 0.343 e. The molecule has 102 valence electrons. The predicted octanol–water partition coefficient (Wildman–Crippen LogP) is 4.24. The van der Waals surface area contributed by atoms with Crippen molar-refractivity contribution in [2.45, 2.75) is 73.1 Å². The summed E-state index contributed by atoms with van der Waals surface area (Å²) in [5.74, 6) is 0.318. The second kappa shape index (κ2) is 8.54. The molecule has 0 saturated carbocycles. The fourth-order valence-electron chi connectivity index (χ4n) is 2.22. The molecular formula is C15H31NO. The second-order valence-corrected chi connectivity index (χ2v) is 5.53. The van der Waals surface area contributed by atoms with E-state index in [2.05, 4.69) is 34.6 Å². The summed E-state index contributed by atoms with van der Waals surface area (Å²) in [5, 5.41) is 0. The first kappa shape index (κ1) is 16.5. The highest BCUT2D eigenvalue weighted by Gasteiger charge is 2.29. The van der Waals surface area contributed by atoms with Gasteiger partial charge in [-0.3, -0.25) is 4.79 Å². The molecule has 1 amide bonds. The zero-order valence-electron chi connectivity index (χ0n) is 12.5. The van der Waals surface area contributed by atoms with Crippen molar-refractivity contribution in [1.29, 1.82) is 0 Å². The molecule has 0 N–H and O–H groups in total. The summed E-state index contributed by atoms with van der Waals surface area (Å²) in [6.07, 6.45) is 7.38. The average Bonchev–Trinajstić information content (AvgIpc) is 2.30. The van der Waals surface area contributed by atoms with Gasteiger partial charge < -0.3 is 4.90 Å². The van der Waals surface area contributed by atoms with E-state index in [1.54, 1.807) is 0 Å². The fourth-order valence-corrected chi connectivity index (χ4v) is 2.22. The van der Waals surface area contributed by atoms with E-state index < -0.39 is 0 Å². The molecule has 0 heterocycles. The molecule has 0 radical (unpaired) electrons. The van der Waals surface area contributed by atoms with Crippen molar-refractivity contribution in [1.82, 2.24) is 4.90 Å². The molecule has 0 saturated heterocycles. The van der Waals surface area contributed by atoms with Gasteiger partial charge in [-0.05, 0) is 20.3 Å². The molecule has 0 bridgehead atoms. The van der Waals surface area contributed by atoms with Crippen molar-refractivity contribution < 1.29 is 4.79 Å². The Labute approximate surface area is 108 Å². The van der Waals surface area contributed by atoms with Gasteiger partial charge in [-0.15, -0.1) is 0 Å². The van der Waals surface area contributed by atoms with Gasteiger partial charge in [0.25, 0.3) is 0 Å². The van der Waals surface area contributed by atoms with E-state index in [-0.39, 0.29) is 5.41 Å². The highest BCUT2D eigenvalue weighted by Crippen LogP contribution is 2.26. The Hall–Kier alpha value is -0.530. The van der Waals surface area contributed by atoms with E-state index in [9.17, 15) is 4.79 Å². The van der Waals surface area contributed by atoms with Crippen LogP contribution >= 0.6 is 0 Å². The monoisotopic (exact) mass is 241 g/mol. The summed E-state index contributed by atoms with van der Waals surface area (Å²) < 4.78 is 0. The van der Waals surface area contributed by atoms with Crippen molar-refractivity contribution in [3.8, 4) is 0 Å². The first-order chi connectivity index (χ1) is 7.99. The standard InChI is InChI=1S/C15H31NO/c1-6-9-10-11-12-13-15(4,5)14(17)16(7-2)8-3/h6-13H2,1-5H3. The minimum Gasteiger partial charge on any atom is -0.343 e. The van der Waals surface area contributed by atoms with Crippen LogP contribution in [0.1, 0.15) is 73.1 Å². The Morgan fingerprint density at radius 2 is 1.47 bits per heavy atom. The molecular weight excluding hydrogens is 210 g/mol. The van der Waals surface area contributed by atoms with Gasteiger partial charge in [-0.1, -0.05) is 52.9 Å². The van der Waals surface area contributed by atoms with Crippen LogP contribution in [-0.2, 0) is 4.79 Å². The summed E-state index contributed by atoms with van der Waals surface area (Å²) in [6.45, 7) is 12.2. The Morgan fingerprint density at radius 3 is 1.94 bits per heavy atom. The van der Waals surface area contributed by atoms with Gasteiger partial charge in [0.15, 0.2) is 0 Å². The van der Waals surface area contributed by atoms with Gasteiger partial charge in [0.1, 0.15) is 0 Å². The number of carbonyl (C=O) groups excluding carboxylic acids is 1. The minimum absolute atomic E-state index is 0.182. The van der Waals surface area contributed by atoms with E-state index in [1.807, 2.05) is 4.90 Å². The number of rotatable bonds is 9. The third kappa shape index (κ3) is 6.09. The summed E-state index contributed by atoms with van der Waals surface area (Å²) in [4.78, 5) is 14.2. The summed E-state index contributed by atoms with van der Waals surface area (Å²) in [6, 6.07) is 0. The number of carbonyl (C=O) groups is 1. The molecule has 0 spiro atoms. The zero-order valence-corrected chi connectivity index (χ0v) is 12.5.